The Hall–Kier alpha value is -2.50. The van der Waals surface area contributed by atoms with E-state index >= 15 is 0 Å². The first-order valence-electron chi connectivity index (χ1n) is 8.73. The quantitative estimate of drug-likeness (QED) is 0.398. The van der Waals surface area contributed by atoms with Crippen LogP contribution in [0.25, 0.3) is 0 Å². The first-order valence-corrected chi connectivity index (χ1v) is 11.2. The molecule has 0 saturated carbocycles. The third-order valence-electron chi connectivity index (χ3n) is 3.95. The van der Waals surface area contributed by atoms with Crippen LogP contribution in [-0.2, 0) is 33.1 Å². The summed E-state index contributed by atoms with van der Waals surface area (Å²) in [7, 11) is -3.86. The molecule has 2 aromatic heterocycles. The second-order valence-electron chi connectivity index (χ2n) is 6.34. The monoisotopic (exact) mass is 457 g/mol. The SMILES string of the molecule is Cc1nc(NCOCc2ccccn2)sc1S(=O)(=O)Cc1cccc(C(F)(F)F)c1. The minimum atomic E-state index is -4.54. The smallest absolute Gasteiger partial charge is 0.355 e. The molecular weight excluding hydrogens is 439 g/mol. The lowest BCUT2D eigenvalue weighted by Crippen LogP contribution is -2.08. The number of nitrogens with one attached hydrogen (secondary N) is 1. The van der Waals surface area contributed by atoms with Crippen molar-refractivity contribution in [3.05, 3.63) is 71.2 Å². The summed E-state index contributed by atoms with van der Waals surface area (Å²) in [5.41, 5.74) is 0.202. The fourth-order valence-corrected chi connectivity index (χ4v) is 5.47. The van der Waals surface area contributed by atoms with E-state index in [0.29, 0.717) is 5.13 Å². The minimum Gasteiger partial charge on any atom is -0.355 e. The molecule has 11 heteroatoms. The molecule has 0 spiro atoms. The minimum absolute atomic E-state index is 0.00661. The van der Waals surface area contributed by atoms with Gasteiger partial charge in [0.2, 0.25) is 0 Å². The largest absolute Gasteiger partial charge is 0.416 e. The van der Waals surface area contributed by atoms with E-state index in [2.05, 4.69) is 15.3 Å². The van der Waals surface area contributed by atoms with Crippen molar-refractivity contribution in [2.75, 3.05) is 12.0 Å². The fraction of sp³-hybridized carbons (Fsp3) is 0.263. The number of rotatable bonds is 8. The van der Waals surface area contributed by atoms with Crippen molar-refractivity contribution in [2.45, 2.75) is 29.7 Å². The van der Waals surface area contributed by atoms with Crippen molar-refractivity contribution in [1.29, 1.82) is 0 Å². The normalized spacial score (nSPS) is 12.1. The van der Waals surface area contributed by atoms with E-state index in [1.165, 1.54) is 19.1 Å². The Bertz CT molecular complexity index is 1100. The van der Waals surface area contributed by atoms with Gasteiger partial charge in [0.25, 0.3) is 0 Å². The van der Waals surface area contributed by atoms with Gasteiger partial charge in [0.15, 0.2) is 15.0 Å². The lowest BCUT2D eigenvalue weighted by Gasteiger charge is -2.09. The van der Waals surface area contributed by atoms with Gasteiger partial charge in [-0.3, -0.25) is 4.98 Å². The van der Waals surface area contributed by atoms with E-state index in [-0.39, 0.29) is 28.8 Å². The molecular formula is C19H18F3N3O3S2. The topological polar surface area (TPSA) is 81.2 Å². The molecule has 0 radical (unpaired) electrons. The van der Waals surface area contributed by atoms with Gasteiger partial charge in [-0.25, -0.2) is 13.4 Å². The molecule has 1 aromatic carbocycles. The molecule has 0 aliphatic carbocycles. The van der Waals surface area contributed by atoms with Crippen LogP contribution in [0.4, 0.5) is 18.3 Å². The number of hydrogen-bond donors (Lipinski definition) is 1. The number of sulfone groups is 1. The van der Waals surface area contributed by atoms with Crippen LogP contribution in [0.5, 0.6) is 0 Å². The van der Waals surface area contributed by atoms with Crippen LogP contribution in [0.15, 0.2) is 52.9 Å². The Kier molecular flexibility index (Phi) is 6.74. The Morgan fingerprint density at radius 1 is 1.17 bits per heavy atom. The number of aromatic nitrogens is 2. The summed E-state index contributed by atoms with van der Waals surface area (Å²) in [5, 5.41) is 3.23. The first-order chi connectivity index (χ1) is 14.1. The summed E-state index contributed by atoms with van der Waals surface area (Å²) in [6.45, 7) is 1.91. The van der Waals surface area contributed by atoms with Gasteiger partial charge >= 0.3 is 6.18 Å². The molecule has 30 heavy (non-hydrogen) atoms. The number of alkyl halides is 3. The van der Waals surface area contributed by atoms with Crippen LogP contribution in [0, 0.1) is 6.92 Å². The summed E-state index contributed by atoms with van der Waals surface area (Å²) in [4.78, 5) is 8.29. The number of anilines is 1. The summed E-state index contributed by atoms with van der Waals surface area (Å²) >= 11 is 0.914. The van der Waals surface area contributed by atoms with Gasteiger partial charge < -0.3 is 10.1 Å². The van der Waals surface area contributed by atoms with Crippen molar-refractivity contribution in [3.63, 3.8) is 0 Å². The van der Waals surface area contributed by atoms with Crippen molar-refractivity contribution in [1.82, 2.24) is 9.97 Å². The highest BCUT2D eigenvalue weighted by molar-refractivity contribution is 7.92. The van der Waals surface area contributed by atoms with Gasteiger partial charge in [0.05, 0.1) is 29.3 Å². The number of halogens is 3. The molecule has 160 valence electrons. The molecule has 3 aromatic rings. The molecule has 0 aliphatic heterocycles. The highest BCUT2D eigenvalue weighted by Crippen LogP contribution is 2.32. The van der Waals surface area contributed by atoms with E-state index in [1.807, 2.05) is 12.1 Å². The molecule has 0 saturated heterocycles. The van der Waals surface area contributed by atoms with Crippen molar-refractivity contribution < 1.29 is 26.3 Å². The maximum Gasteiger partial charge on any atom is 0.416 e. The molecule has 3 rings (SSSR count). The number of benzene rings is 1. The maximum atomic E-state index is 12.9. The van der Waals surface area contributed by atoms with Crippen LogP contribution < -0.4 is 5.32 Å². The highest BCUT2D eigenvalue weighted by atomic mass is 32.2. The van der Waals surface area contributed by atoms with E-state index in [1.54, 1.807) is 12.3 Å². The maximum absolute atomic E-state index is 12.9. The van der Waals surface area contributed by atoms with E-state index in [0.717, 1.165) is 29.2 Å². The van der Waals surface area contributed by atoms with Gasteiger partial charge in [0.1, 0.15) is 10.9 Å². The zero-order chi connectivity index (χ0) is 21.8. The molecule has 0 atom stereocenters. The second kappa shape index (κ2) is 9.11. The Morgan fingerprint density at radius 3 is 2.67 bits per heavy atom. The summed E-state index contributed by atoms with van der Waals surface area (Å²) in [5.74, 6) is -0.546. The lowest BCUT2D eigenvalue weighted by atomic mass is 10.1. The Balaban J connectivity index is 1.65. The molecule has 6 nitrogen and oxygen atoms in total. The van der Waals surface area contributed by atoms with Gasteiger partial charge in [-0.2, -0.15) is 13.2 Å². The summed E-state index contributed by atoms with van der Waals surface area (Å²) in [6, 6.07) is 9.74. The number of pyridine rings is 1. The molecule has 2 heterocycles. The Morgan fingerprint density at radius 2 is 1.97 bits per heavy atom. The van der Waals surface area contributed by atoms with E-state index < -0.39 is 27.3 Å². The van der Waals surface area contributed by atoms with Crippen molar-refractivity contribution in [2.24, 2.45) is 0 Å². The van der Waals surface area contributed by atoms with Crippen LogP contribution in [0.2, 0.25) is 0 Å². The van der Waals surface area contributed by atoms with Crippen molar-refractivity contribution in [3.8, 4) is 0 Å². The highest BCUT2D eigenvalue weighted by Gasteiger charge is 2.31. The van der Waals surface area contributed by atoms with Gasteiger partial charge in [0, 0.05) is 6.20 Å². The van der Waals surface area contributed by atoms with Crippen LogP contribution in [-0.4, -0.2) is 25.1 Å². The van der Waals surface area contributed by atoms with Gasteiger partial charge in [-0.05, 0) is 30.7 Å². The number of hydrogen-bond acceptors (Lipinski definition) is 7. The van der Waals surface area contributed by atoms with E-state index in [4.69, 9.17) is 4.74 Å². The summed E-state index contributed by atoms with van der Waals surface area (Å²) in [6.07, 6.45) is -2.88. The van der Waals surface area contributed by atoms with Gasteiger partial charge in [-0.15, -0.1) is 0 Å². The molecule has 1 N–H and O–H groups in total. The average molecular weight is 457 g/mol. The van der Waals surface area contributed by atoms with E-state index in [9.17, 15) is 21.6 Å². The lowest BCUT2D eigenvalue weighted by molar-refractivity contribution is -0.137. The molecule has 0 aliphatic rings. The van der Waals surface area contributed by atoms with Gasteiger partial charge in [-0.1, -0.05) is 35.6 Å². The molecule has 0 unspecified atom stereocenters. The molecule has 0 bridgehead atoms. The summed E-state index contributed by atoms with van der Waals surface area (Å²) < 4.78 is 69.5. The first kappa shape index (κ1) is 22.2. The van der Waals surface area contributed by atoms with Crippen LogP contribution in [0.1, 0.15) is 22.5 Å². The van der Waals surface area contributed by atoms with Crippen molar-refractivity contribution >= 4 is 26.3 Å². The fourth-order valence-electron chi connectivity index (χ4n) is 2.62. The predicted molar refractivity (Wildman–Crippen MR) is 107 cm³/mol. The molecule has 0 fully saturated rings. The molecule has 0 amide bonds. The third-order valence-corrected chi connectivity index (χ3v) is 7.44. The standard InChI is InChI=1S/C19H18F3N3O3S2/c1-13-17(29-18(25-13)24-12-28-10-16-7-2-3-8-23-16)30(26,27)11-14-5-4-6-15(9-14)19(20,21)22/h2-9H,10-12H2,1H3,(H,24,25). The number of thiazole rings is 1. The zero-order valence-corrected chi connectivity index (χ0v) is 17.4. The third kappa shape index (κ3) is 5.77. The Labute approximate surface area is 175 Å². The van der Waals surface area contributed by atoms with Crippen LogP contribution in [0.3, 0.4) is 0 Å². The zero-order valence-electron chi connectivity index (χ0n) is 15.8. The number of aryl methyl sites for hydroxylation is 1. The number of ether oxygens (including phenoxy) is 1. The average Bonchev–Trinajstić information content (AvgIpc) is 3.07. The second-order valence-corrected chi connectivity index (χ2v) is 9.52. The number of nitrogens with zero attached hydrogens (tertiary/aromatic N) is 2. The van der Waals surface area contributed by atoms with Crippen LogP contribution >= 0.6 is 11.3 Å². The predicted octanol–water partition coefficient (Wildman–Crippen LogP) is 4.43.